The Kier molecular flexibility index (Phi) is 5.09. The summed E-state index contributed by atoms with van der Waals surface area (Å²) in [5.41, 5.74) is 1.36. The van der Waals surface area contributed by atoms with Gasteiger partial charge in [0.15, 0.2) is 17.2 Å². The molecule has 0 radical (unpaired) electrons. The first kappa shape index (κ1) is 19.8. The summed E-state index contributed by atoms with van der Waals surface area (Å²) in [6, 6.07) is 18.5. The van der Waals surface area contributed by atoms with E-state index in [-0.39, 0.29) is 24.1 Å². The predicted molar refractivity (Wildman–Crippen MR) is 116 cm³/mol. The van der Waals surface area contributed by atoms with Crippen LogP contribution < -0.4 is 14.2 Å². The van der Waals surface area contributed by atoms with E-state index in [4.69, 9.17) is 30.5 Å². The smallest absolute Gasteiger partial charge is 0.363 e. The van der Waals surface area contributed by atoms with Crippen molar-refractivity contribution in [2.45, 2.75) is 0 Å². The lowest BCUT2D eigenvalue weighted by Crippen LogP contribution is -2.09. The first-order valence-corrected chi connectivity index (χ1v) is 9.94. The Labute approximate surface area is 187 Å². The van der Waals surface area contributed by atoms with Gasteiger partial charge in [-0.25, -0.2) is 14.6 Å². The second-order valence-corrected chi connectivity index (χ2v) is 7.22. The van der Waals surface area contributed by atoms with Gasteiger partial charge in [0, 0.05) is 5.56 Å². The number of ether oxygens (including phenoxy) is 4. The Morgan fingerprint density at radius 2 is 1.78 bits per heavy atom. The number of cyclic esters (lactones) is 1. The fraction of sp³-hybridized carbons (Fsp3) is 0.0417. The SMILES string of the molecule is O=C1OC(c2ccccc2Cl)=N/C1=C\c1ccccc1OC(=O)c1ccc2c(c1)OCO2. The minimum Gasteiger partial charge on any atom is -0.454 e. The van der Waals surface area contributed by atoms with E-state index in [2.05, 4.69) is 4.99 Å². The average Bonchev–Trinajstić information content (AvgIpc) is 3.41. The molecule has 5 rings (SSSR count). The zero-order chi connectivity index (χ0) is 22.1. The van der Waals surface area contributed by atoms with Crippen LogP contribution in [0.3, 0.4) is 0 Å². The third-order valence-corrected chi connectivity index (χ3v) is 5.08. The van der Waals surface area contributed by atoms with Gasteiger partial charge < -0.3 is 18.9 Å². The van der Waals surface area contributed by atoms with Crippen LogP contribution in [0.25, 0.3) is 6.08 Å². The van der Waals surface area contributed by atoms with E-state index < -0.39 is 11.9 Å². The molecular formula is C24H14ClNO6. The number of hydrogen-bond donors (Lipinski definition) is 0. The van der Waals surface area contributed by atoms with Gasteiger partial charge in [0.05, 0.1) is 16.1 Å². The van der Waals surface area contributed by atoms with Crippen molar-refractivity contribution in [1.29, 1.82) is 0 Å². The van der Waals surface area contributed by atoms with Crippen molar-refractivity contribution in [3.63, 3.8) is 0 Å². The number of carbonyl (C=O) groups excluding carboxylic acids is 2. The minimum atomic E-state index is -0.628. The van der Waals surface area contributed by atoms with E-state index in [1.165, 1.54) is 6.08 Å². The third kappa shape index (κ3) is 3.81. The first-order valence-electron chi connectivity index (χ1n) is 9.57. The molecule has 3 aromatic rings. The lowest BCUT2D eigenvalue weighted by Gasteiger charge is -2.08. The molecule has 0 fully saturated rings. The number of fused-ring (bicyclic) bond motifs is 1. The summed E-state index contributed by atoms with van der Waals surface area (Å²) in [5, 5.41) is 0.415. The maximum atomic E-state index is 12.7. The average molecular weight is 448 g/mol. The highest BCUT2D eigenvalue weighted by Crippen LogP contribution is 2.33. The topological polar surface area (TPSA) is 83.4 Å². The third-order valence-electron chi connectivity index (χ3n) is 4.75. The second-order valence-electron chi connectivity index (χ2n) is 6.81. The Bertz CT molecular complexity index is 1310. The molecule has 2 aliphatic heterocycles. The number of benzene rings is 3. The van der Waals surface area contributed by atoms with Gasteiger partial charge in [0.25, 0.3) is 0 Å². The van der Waals surface area contributed by atoms with Crippen molar-refractivity contribution in [2.75, 3.05) is 6.79 Å². The van der Waals surface area contributed by atoms with Crippen molar-refractivity contribution in [3.05, 3.63) is 94.1 Å². The monoisotopic (exact) mass is 447 g/mol. The lowest BCUT2D eigenvalue weighted by atomic mass is 10.1. The number of carbonyl (C=O) groups is 2. The quantitative estimate of drug-likeness (QED) is 0.329. The molecule has 0 spiro atoms. The van der Waals surface area contributed by atoms with E-state index in [1.807, 2.05) is 0 Å². The minimum absolute atomic E-state index is 0.0616. The van der Waals surface area contributed by atoms with Crippen LogP contribution >= 0.6 is 11.6 Å². The normalized spacial score (nSPS) is 15.5. The molecule has 8 heteroatoms. The molecular weight excluding hydrogens is 434 g/mol. The van der Waals surface area contributed by atoms with E-state index in [1.54, 1.807) is 66.7 Å². The van der Waals surface area contributed by atoms with Crippen molar-refractivity contribution in [2.24, 2.45) is 4.99 Å². The van der Waals surface area contributed by atoms with E-state index >= 15 is 0 Å². The Balaban J connectivity index is 1.42. The van der Waals surface area contributed by atoms with Gasteiger partial charge in [-0.2, -0.15) is 0 Å². The van der Waals surface area contributed by atoms with Gasteiger partial charge in [-0.3, -0.25) is 0 Å². The number of rotatable bonds is 4. The number of para-hydroxylation sites is 1. The zero-order valence-electron chi connectivity index (χ0n) is 16.4. The highest BCUT2D eigenvalue weighted by Gasteiger charge is 2.26. The molecule has 0 aromatic heterocycles. The fourth-order valence-electron chi connectivity index (χ4n) is 3.18. The zero-order valence-corrected chi connectivity index (χ0v) is 17.2. The van der Waals surface area contributed by atoms with Crippen LogP contribution in [0.4, 0.5) is 0 Å². The summed E-state index contributed by atoms with van der Waals surface area (Å²) in [7, 11) is 0. The molecule has 2 aliphatic rings. The molecule has 32 heavy (non-hydrogen) atoms. The van der Waals surface area contributed by atoms with E-state index in [0.29, 0.717) is 33.2 Å². The number of aliphatic imine (C=N–C) groups is 1. The molecule has 0 saturated heterocycles. The van der Waals surface area contributed by atoms with Gasteiger partial charge in [-0.15, -0.1) is 0 Å². The highest BCUT2D eigenvalue weighted by atomic mass is 35.5. The van der Waals surface area contributed by atoms with Crippen LogP contribution in [0.5, 0.6) is 17.2 Å². The van der Waals surface area contributed by atoms with Crippen molar-refractivity contribution in [1.82, 2.24) is 0 Å². The molecule has 0 atom stereocenters. The van der Waals surface area contributed by atoms with Gasteiger partial charge in [-0.05, 0) is 42.5 Å². The molecule has 0 saturated carbocycles. The number of nitrogens with zero attached hydrogens (tertiary/aromatic N) is 1. The summed E-state index contributed by atoms with van der Waals surface area (Å²) < 4.78 is 21.4. The van der Waals surface area contributed by atoms with E-state index in [0.717, 1.165) is 0 Å². The summed E-state index contributed by atoms with van der Waals surface area (Å²) in [6.45, 7) is 0.108. The maximum Gasteiger partial charge on any atom is 0.363 e. The van der Waals surface area contributed by atoms with Gasteiger partial charge in [0.1, 0.15) is 5.75 Å². The number of hydrogen-bond acceptors (Lipinski definition) is 7. The molecule has 7 nitrogen and oxygen atoms in total. The lowest BCUT2D eigenvalue weighted by molar-refractivity contribution is -0.129. The summed E-state index contributed by atoms with van der Waals surface area (Å²) in [5.74, 6) is 0.211. The van der Waals surface area contributed by atoms with Crippen LogP contribution in [-0.4, -0.2) is 24.6 Å². The van der Waals surface area contributed by atoms with Gasteiger partial charge in [0.2, 0.25) is 12.7 Å². The largest absolute Gasteiger partial charge is 0.454 e. The molecule has 2 heterocycles. The molecule has 0 aliphatic carbocycles. The summed E-state index contributed by atoms with van der Waals surface area (Å²) >= 11 is 6.17. The van der Waals surface area contributed by atoms with Crippen LogP contribution in [-0.2, 0) is 9.53 Å². The number of halogens is 1. The standard InChI is InChI=1S/C24H14ClNO6/c25-17-7-3-2-6-16(17)22-26-18(24(28)32-22)11-14-5-1-4-8-19(14)31-23(27)15-9-10-20-21(12-15)30-13-29-20/h1-12H,13H2/b18-11-. The molecule has 0 bridgehead atoms. The van der Waals surface area contributed by atoms with Gasteiger partial charge >= 0.3 is 11.9 Å². The highest BCUT2D eigenvalue weighted by molar-refractivity contribution is 6.34. The summed E-state index contributed by atoms with van der Waals surface area (Å²) in [6.07, 6.45) is 1.49. The Hall–Kier alpha value is -4.10. The molecule has 3 aromatic carbocycles. The Morgan fingerprint density at radius 1 is 1.00 bits per heavy atom. The fourth-order valence-corrected chi connectivity index (χ4v) is 3.40. The molecule has 0 N–H and O–H groups in total. The van der Waals surface area contributed by atoms with Crippen LogP contribution in [0.1, 0.15) is 21.5 Å². The molecule has 0 amide bonds. The predicted octanol–water partition coefficient (Wildman–Crippen LogP) is 4.63. The van der Waals surface area contributed by atoms with Crippen LogP contribution in [0.15, 0.2) is 77.4 Å². The second kappa shape index (κ2) is 8.20. The molecule has 158 valence electrons. The van der Waals surface area contributed by atoms with Crippen molar-refractivity contribution < 1.29 is 28.5 Å². The summed E-state index contributed by atoms with van der Waals surface area (Å²) in [4.78, 5) is 29.3. The maximum absolute atomic E-state index is 12.7. The Morgan fingerprint density at radius 3 is 2.66 bits per heavy atom. The van der Waals surface area contributed by atoms with Gasteiger partial charge in [-0.1, -0.05) is 41.9 Å². The van der Waals surface area contributed by atoms with Crippen LogP contribution in [0, 0.1) is 0 Å². The van der Waals surface area contributed by atoms with Crippen molar-refractivity contribution >= 4 is 35.5 Å². The van der Waals surface area contributed by atoms with E-state index in [9.17, 15) is 9.59 Å². The first-order chi connectivity index (χ1) is 15.6. The molecule has 0 unspecified atom stereocenters. The number of esters is 2. The van der Waals surface area contributed by atoms with Crippen molar-refractivity contribution in [3.8, 4) is 17.2 Å². The van der Waals surface area contributed by atoms with Crippen LogP contribution in [0.2, 0.25) is 5.02 Å².